The van der Waals surface area contributed by atoms with Crippen LogP contribution in [0.15, 0.2) is 42.5 Å². The van der Waals surface area contributed by atoms with Crippen molar-refractivity contribution in [1.29, 1.82) is 0 Å². The zero-order chi connectivity index (χ0) is 17.0. The first kappa shape index (κ1) is 16.5. The zero-order valence-corrected chi connectivity index (χ0v) is 11.2. The van der Waals surface area contributed by atoms with Gasteiger partial charge in [-0.25, -0.2) is 13.6 Å². The highest BCUT2D eigenvalue weighted by Gasteiger charge is 2.31. The number of carbonyl (C=O) groups is 1. The van der Waals surface area contributed by atoms with E-state index >= 15 is 0 Å². The fourth-order valence-corrected chi connectivity index (χ4v) is 1.65. The minimum atomic E-state index is -4.86. The van der Waals surface area contributed by atoms with E-state index in [9.17, 15) is 26.7 Å². The second-order valence-corrected chi connectivity index (χ2v) is 4.28. The number of alkyl halides is 3. The smallest absolute Gasteiger partial charge is 0.406 e. The topological polar surface area (TPSA) is 50.4 Å². The van der Waals surface area contributed by atoms with Gasteiger partial charge in [0.1, 0.15) is 17.4 Å². The molecule has 2 aromatic carbocycles. The van der Waals surface area contributed by atoms with Crippen molar-refractivity contribution < 1.29 is 31.5 Å². The number of benzene rings is 2. The molecule has 0 aliphatic carbocycles. The lowest BCUT2D eigenvalue weighted by atomic mass is 10.3. The van der Waals surface area contributed by atoms with Gasteiger partial charge in [-0.15, -0.1) is 13.2 Å². The molecule has 0 saturated heterocycles. The monoisotopic (exact) mass is 332 g/mol. The molecule has 4 nitrogen and oxygen atoms in total. The first-order valence-corrected chi connectivity index (χ1v) is 6.12. The van der Waals surface area contributed by atoms with Gasteiger partial charge in [0, 0.05) is 17.8 Å². The molecule has 0 atom stereocenters. The van der Waals surface area contributed by atoms with Crippen LogP contribution in [0.1, 0.15) is 0 Å². The lowest BCUT2D eigenvalue weighted by Crippen LogP contribution is -2.20. The quantitative estimate of drug-likeness (QED) is 0.813. The van der Waals surface area contributed by atoms with Crippen LogP contribution in [0.2, 0.25) is 0 Å². The van der Waals surface area contributed by atoms with Gasteiger partial charge in [-0.2, -0.15) is 0 Å². The molecule has 2 aromatic rings. The second kappa shape index (κ2) is 6.51. The van der Waals surface area contributed by atoms with Gasteiger partial charge < -0.3 is 15.4 Å². The van der Waals surface area contributed by atoms with Gasteiger partial charge in [0.2, 0.25) is 0 Å². The highest BCUT2D eigenvalue weighted by atomic mass is 19.4. The van der Waals surface area contributed by atoms with Gasteiger partial charge >= 0.3 is 12.4 Å². The third kappa shape index (κ3) is 5.13. The summed E-state index contributed by atoms with van der Waals surface area (Å²) in [7, 11) is 0. The summed E-state index contributed by atoms with van der Waals surface area (Å²) in [5.74, 6) is -2.33. The maximum atomic E-state index is 13.4. The normalized spacial score (nSPS) is 11.0. The molecule has 2 rings (SSSR count). The van der Waals surface area contributed by atoms with Crippen molar-refractivity contribution in [2.24, 2.45) is 0 Å². The number of anilines is 2. The van der Waals surface area contributed by atoms with Gasteiger partial charge in [-0.3, -0.25) is 0 Å². The van der Waals surface area contributed by atoms with Crippen LogP contribution >= 0.6 is 0 Å². The van der Waals surface area contributed by atoms with Crippen molar-refractivity contribution in [2.75, 3.05) is 10.6 Å². The third-order valence-electron chi connectivity index (χ3n) is 2.50. The number of amides is 2. The summed E-state index contributed by atoms with van der Waals surface area (Å²) in [5.41, 5.74) is -0.293. The Morgan fingerprint density at radius 1 is 1.00 bits per heavy atom. The molecule has 9 heteroatoms. The molecule has 0 heterocycles. The van der Waals surface area contributed by atoms with Crippen molar-refractivity contribution in [2.45, 2.75) is 6.36 Å². The number of ether oxygens (including phenoxy) is 1. The lowest BCUT2D eigenvalue weighted by molar-refractivity contribution is -0.274. The molecule has 23 heavy (non-hydrogen) atoms. The second-order valence-electron chi connectivity index (χ2n) is 4.28. The molecular formula is C14H9F5N2O2. The molecule has 0 aliphatic heterocycles. The predicted molar refractivity (Wildman–Crippen MR) is 72.1 cm³/mol. The summed E-state index contributed by atoms with van der Waals surface area (Å²) < 4.78 is 66.1. The average Bonchev–Trinajstić information content (AvgIpc) is 2.40. The van der Waals surface area contributed by atoms with Crippen LogP contribution in [0, 0.1) is 11.6 Å². The van der Waals surface area contributed by atoms with Crippen LogP contribution in [0.4, 0.5) is 38.1 Å². The average molecular weight is 332 g/mol. The number of hydrogen-bond acceptors (Lipinski definition) is 2. The number of halogens is 5. The molecule has 122 valence electrons. The van der Waals surface area contributed by atoms with Crippen LogP contribution in [-0.4, -0.2) is 12.4 Å². The Balaban J connectivity index is 2.04. The maximum absolute atomic E-state index is 13.4. The van der Waals surface area contributed by atoms with Crippen LogP contribution in [0.25, 0.3) is 0 Å². The fourth-order valence-electron chi connectivity index (χ4n) is 1.65. The molecule has 0 aliphatic rings. The Kier molecular flexibility index (Phi) is 4.68. The van der Waals surface area contributed by atoms with E-state index in [1.165, 1.54) is 12.1 Å². The molecule has 0 saturated carbocycles. The summed E-state index contributed by atoms with van der Waals surface area (Å²) in [6.45, 7) is 0. The Morgan fingerprint density at radius 3 is 2.39 bits per heavy atom. The number of rotatable bonds is 3. The minimum absolute atomic E-state index is 0.00762. The fraction of sp³-hybridized carbons (Fsp3) is 0.0714. The van der Waals surface area contributed by atoms with Crippen LogP contribution in [0.3, 0.4) is 0 Å². The highest BCUT2D eigenvalue weighted by Crippen LogP contribution is 2.25. The summed E-state index contributed by atoms with van der Waals surface area (Å²) >= 11 is 0. The Hall–Kier alpha value is -2.84. The Bertz CT molecular complexity index is 719. The minimum Gasteiger partial charge on any atom is -0.406 e. The first-order chi connectivity index (χ1) is 10.7. The van der Waals surface area contributed by atoms with Gasteiger partial charge in [0.05, 0.1) is 5.69 Å². The van der Waals surface area contributed by atoms with Gasteiger partial charge in [0.15, 0.2) is 0 Å². The van der Waals surface area contributed by atoms with E-state index in [1.807, 2.05) is 0 Å². The van der Waals surface area contributed by atoms with E-state index in [4.69, 9.17) is 0 Å². The molecule has 0 spiro atoms. The molecule has 2 N–H and O–H groups in total. The van der Waals surface area contributed by atoms with Gasteiger partial charge in [-0.05, 0) is 24.3 Å². The van der Waals surface area contributed by atoms with E-state index < -0.39 is 29.8 Å². The van der Waals surface area contributed by atoms with E-state index in [0.717, 1.165) is 24.3 Å². The SMILES string of the molecule is O=C(Nc1cccc(OC(F)(F)F)c1)Nc1ccc(F)cc1F. The molecule has 0 fully saturated rings. The largest absolute Gasteiger partial charge is 0.573 e. The van der Waals surface area contributed by atoms with Crippen LogP contribution < -0.4 is 15.4 Å². The van der Waals surface area contributed by atoms with E-state index in [2.05, 4.69) is 15.4 Å². The van der Waals surface area contributed by atoms with Crippen molar-refractivity contribution in [3.8, 4) is 5.75 Å². The third-order valence-corrected chi connectivity index (χ3v) is 2.50. The van der Waals surface area contributed by atoms with Crippen molar-refractivity contribution in [1.82, 2.24) is 0 Å². The molecule has 0 aromatic heterocycles. The molecular weight excluding hydrogens is 323 g/mol. The van der Waals surface area contributed by atoms with Gasteiger partial charge in [0.25, 0.3) is 0 Å². The Morgan fingerprint density at radius 2 is 1.74 bits per heavy atom. The Labute approximate surface area is 126 Å². The van der Waals surface area contributed by atoms with Crippen LogP contribution in [-0.2, 0) is 0 Å². The van der Waals surface area contributed by atoms with Crippen molar-refractivity contribution in [3.63, 3.8) is 0 Å². The maximum Gasteiger partial charge on any atom is 0.573 e. The van der Waals surface area contributed by atoms with E-state index in [1.54, 1.807) is 0 Å². The first-order valence-electron chi connectivity index (χ1n) is 6.12. The van der Waals surface area contributed by atoms with E-state index in [0.29, 0.717) is 6.07 Å². The standard InChI is InChI=1S/C14H9F5N2O2/c15-8-4-5-12(11(16)6-8)21-13(22)20-9-2-1-3-10(7-9)23-14(17,18)19/h1-7H,(H2,20,21,22). The number of hydrogen-bond donors (Lipinski definition) is 2. The number of urea groups is 1. The number of carbonyl (C=O) groups excluding carboxylic acids is 1. The zero-order valence-electron chi connectivity index (χ0n) is 11.2. The summed E-state index contributed by atoms with van der Waals surface area (Å²) in [6, 6.07) is 6.14. The van der Waals surface area contributed by atoms with E-state index in [-0.39, 0.29) is 11.4 Å². The molecule has 0 bridgehead atoms. The molecule has 0 radical (unpaired) electrons. The molecule has 0 unspecified atom stereocenters. The summed E-state index contributed by atoms with van der Waals surface area (Å²) in [6.07, 6.45) is -4.86. The lowest BCUT2D eigenvalue weighted by Gasteiger charge is -2.11. The number of nitrogens with one attached hydrogen (secondary N) is 2. The summed E-state index contributed by atoms with van der Waals surface area (Å²) in [4.78, 5) is 11.7. The summed E-state index contributed by atoms with van der Waals surface area (Å²) in [5, 5.41) is 4.30. The predicted octanol–water partition coefficient (Wildman–Crippen LogP) is 4.51. The highest BCUT2D eigenvalue weighted by molar-refractivity contribution is 5.99. The molecule has 2 amide bonds. The van der Waals surface area contributed by atoms with Crippen molar-refractivity contribution in [3.05, 3.63) is 54.1 Å². The van der Waals surface area contributed by atoms with Crippen molar-refractivity contribution >= 4 is 17.4 Å². The van der Waals surface area contributed by atoms with Crippen LogP contribution in [0.5, 0.6) is 5.75 Å². The van der Waals surface area contributed by atoms with Gasteiger partial charge in [-0.1, -0.05) is 6.07 Å².